The summed E-state index contributed by atoms with van der Waals surface area (Å²) in [5.41, 5.74) is 4.22. The number of hydrogen-bond donors (Lipinski definition) is 1. The van der Waals surface area contributed by atoms with Crippen molar-refractivity contribution >= 4 is 28.6 Å². The van der Waals surface area contributed by atoms with Gasteiger partial charge in [-0.3, -0.25) is 9.36 Å². The zero-order valence-electron chi connectivity index (χ0n) is 18.4. The Balaban J connectivity index is 1.52. The van der Waals surface area contributed by atoms with Crippen LogP contribution in [-0.2, 0) is 4.79 Å². The van der Waals surface area contributed by atoms with Crippen molar-refractivity contribution < 1.29 is 4.79 Å². The van der Waals surface area contributed by atoms with E-state index in [1.165, 1.54) is 18.2 Å². The Kier molecular flexibility index (Phi) is 5.74. The molecular weight excluding hydrogens is 418 g/mol. The monoisotopic (exact) mass is 445 g/mol. The van der Waals surface area contributed by atoms with Crippen LogP contribution in [0.3, 0.4) is 0 Å². The van der Waals surface area contributed by atoms with Gasteiger partial charge in [-0.1, -0.05) is 48.2 Å². The molecular formula is C25H27N5OS. The number of rotatable bonds is 5. The number of carbonyl (C=O) groups is 1. The molecule has 2 aromatic carbocycles. The van der Waals surface area contributed by atoms with Gasteiger partial charge in [0.1, 0.15) is 0 Å². The van der Waals surface area contributed by atoms with Crippen LogP contribution in [0, 0.1) is 6.92 Å². The van der Waals surface area contributed by atoms with Crippen molar-refractivity contribution in [2.24, 2.45) is 0 Å². The number of amides is 1. The number of nitrogens with one attached hydrogen (secondary N) is 1. The number of nitrogens with zero attached hydrogens (tertiary/aromatic N) is 4. The van der Waals surface area contributed by atoms with Gasteiger partial charge in [-0.15, -0.1) is 10.2 Å². The van der Waals surface area contributed by atoms with E-state index in [9.17, 15) is 4.79 Å². The van der Waals surface area contributed by atoms with Crippen molar-refractivity contribution in [2.45, 2.75) is 44.3 Å². The minimum atomic E-state index is 0.176. The van der Waals surface area contributed by atoms with Gasteiger partial charge in [-0.2, -0.15) is 0 Å². The molecule has 1 amide bonds. The number of carbonyl (C=O) groups excluding carboxylic acids is 1. The lowest BCUT2D eigenvalue weighted by Gasteiger charge is -2.33. The van der Waals surface area contributed by atoms with Gasteiger partial charge in [-0.05, 0) is 50.8 Å². The van der Waals surface area contributed by atoms with Gasteiger partial charge in [0, 0.05) is 35.2 Å². The Bertz CT molecular complexity index is 1260. The maximum absolute atomic E-state index is 12.9. The fourth-order valence-corrected chi connectivity index (χ4v) is 5.33. The first-order valence-electron chi connectivity index (χ1n) is 11.1. The number of hydrogen-bond acceptors (Lipinski definition) is 4. The van der Waals surface area contributed by atoms with E-state index in [0.29, 0.717) is 11.8 Å². The van der Waals surface area contributed by atoms with Crippen LogP contribution in [0.25, 0.3) is 28.0 Å². The van der Waals surface area contributed by atoms with Crippen LogP contribution in [0.5, 0.6) is 0 Å². The Hall–Kier alpha value is -3.06. The van der Waals surface area contributed by atoms with Crippen molar-refractivity contribution in [3.63, 3.8) is 0 Å². The Morgan fingerprint density at radius 2 is 1.94 bits per heavy atom. The van der Waals surface area contributed by atoms with Gasteiger partial charge >= 0.3 is 0 Å². The predicted molar refractivity (Wildman–Crippen MR) is 129 cm³/mol. The summed E-state index contributed by atoms with van der Waals surface area (Å²) in [6, 6.07) is 16.7. The summed E-state index contributed by atoms with van der Waals surface area (Å²) in [5, 5.41) is 10.9. The van der Waals surface area contributed by atoms with Crippen LogP contribution in [0.15, 0.2) is 59.9 Å². The average molecular weight is 446 g/mol. The molecule has 0 saturated carbocycles. The number of aryl methyl sites for hydroxylation is 1. The van der Waals surface area contributed by atoms with Crippen molar-refractivity contribution in [3.8, 4) is 17.1 Å². The molecule has 5 rings (SSSR count). The third kappa shape index (κ3) is 3.81. The lowest BCUT2D eigenvalue weighted by atomic mass is 10.0. The summed E-state index contributed by atoms with van der Waals surface area (Å²) in [6.45, 7) is 5.08. The first-order chi connectivity index (χ1) is 15.6. The molecule has 0 spiro atoms. The minimum absolute atomic E-state index is 0.176. The third-order valence-electron chi connectivity index (χ3n) is 6.27. The molecule has 3 heterocycles. The first-order valence-corrected chi connectivity index (χ1v) is 12.1. The summed E-state index contributed by atoms with van der Waals surface area (Å²) >= 11 is 1.47. The van der Waals surface area contributed by atoms with Crippen molar-refractivity contribution in [3.05, 3.63) is 60.3 Å². The van der Waals surface area contributed by atoms with Gasteiger partial charge in [0.15, 0.2) is 11.0 Å². The molecule has 0 radical (unpaired) electrons. The second kappa shape index (κ2) is 8.82. The van der Waals surface area contributed by atoms with E-state index in [-0.39, 0.29) is 5.91 Å². The van der Waals surface area contributed by atoms with Crippen LogP contribution in [0.4, 0.5) is 0 Å². The molecule has 4 aromatic rings. The number of likely N-dealkylation sites (tertiary alicyclic amines) is 1. The normalized spacial score (nSPS) is 16.6. The maximum Gasteiger partial charge on any atom is 0.233 e. The van der Waals surface area contributed by atoms with Crippen molar-refractivity contribution in [2.75, 3.05) is 12.3 Å². The largest absolute Gasteiger partial charge is 0.360 e. The van der Waals surface area contributed by atoms with E-state index in [1.807, 2.05) is 35.4 Å². The molecule has 1 saturated heterocycles. The zero-order chi connectivity index (χ0) is 22.1. The van der Waals surface area contributed by atoms with E-state index in [2.05, 4.69) is 57.9 Å². The fraction of sp³-hybridized carbons (Fsp3) is 0.320. The van der Waals surface area contributed by atoms with Gasteiger partial charge in [-0.25, -0.2) is 0 Å². The van der Waals surface area contributed by atoms with E-state index >= 15 is 0 Å². The zero-order valence-corrected chi connectivity index (χ0v) is 19.2. The molecule has 2 aromatic heterocycles. The fourth-order valence-electron chi connectivity index (χ4n) is 4.50. The quantitative estimate of drug-likeness (QED) is 0.428. The lowest BCUT2D eigenvalue weighted by Crippen LogP contribution is -2.42. The van der Waals surface area contributed by atoms with Gasteiger partial charge in [0.25, 0.3) is 0 Å². The second-order valence-corrected chi connectivity index (χ2v) is 9.34. The van der Waals surface area contributed by atoms with Crippen LogP contribution < -0.4 is 0 Å². The first kappa shape index (κ1) is 20.8. The lowest BCUT2D eigenvalue weighted by molar-refractivity contribution is -0.131. The molecule has 1 atom stereocenters. The highest BCUT2D eigenvalue weighted by atomic mass is 32.2. The molecule has 32 heavy (non-hydrogen) atoms. The number of thioether (sulfide) groups is 1. The number of piperidine rings is 1. The van der Waals surface area contributed by atoms with Crippen LogP contribution in [-0.4, -0.2) is 48.9 Å². The molecule has 1 aliphatic rings. The molecule has 7 heteroatoms. The standard InChI is InChI=1S/C25H27N5OS/c1-17-9-3-6-13-22(17)30-24(20-15-26-21-12-5-4-11-19(20)21)27-28-25(30)32-16-23(31)29-14-8-7-10-18(29)2/h3-6,9,11-13,15,18,26H,7-8,10,14,16H2,1-2H3/t18-/m1/s1. The van der Waals surface area contributed by atoms with Gasteiger partial charge in [0.2, 0.25) is 5.91 Å². The summed E-state index contributed by atoms with van der Waals surface area (Å²) in [7, 11) is 0. The topological polar surface area (TPSA) is 66.8 Å². The highest BCUT2D eigenvalue weighted by Crippen LogP contribution is 2.33. The molecule has 1 N–H and O–H groups in total. The highest BCUT2D eigenvalue weighted by molar-refractivity contribution is 7.99. The molecule has 6 nitrogen and oxygen atoms in total. The number of fused-ring (bicyclic) bond motifs is 1. The van der Waals surface area contributed by atoms with Crippen LogP contribution >= 0.6 is 11.8 Å². The number of benzene rings is 2. The molecule has 0 unspecified atom stereocenters. The molecule has 1 fully saturated rings. The average Bonchev–Trinajstić information content (AvgIpc) is 3.42. The molecule has 0 bridgehead atoms. The summed E-state index contributed by atoms with van der Waals surface area (Å²) < 4.78 is 2.09. The predicted octanol–water partition coefficient (Wildman–Crippen LogP) is 5.22. The van der Waals surface area contributed by atoms with E-state index < -0.39 is 0 Å². The second-order valence-electron chi connectivity index (χ2n) is 8.40. The third-order valence-corrected chi connectivity index (χ3v) is 7.18. The van der Waals surface area contributed by atoms with E-state index in [1.54, 1.807) is 0 Å². The van der Waals surface area contributed by atoms with Crippen LogP contribution in [0.2, 0.25) is 0 Å². The Morgan fingerprint density at radius 1 is 1.12 bits per heavy atom. The van der Waals surface area contributed by atoms with Crippen molar-refractivity contribution in [1.82, 2.24) is 24.6 Å². The summed E-state index contributed by atoms with van der Waals surface area (Å²) in [6.07, 6.45) is 5.36. The SMILES string of the molecule is Cc1ccccc1-n1c(SCC(=O)N2CCCC[C@H]2C)nnc1-c1c[nH]c2ccccc12. The van der Waals surface area contributed by atoms with E-state index in [0.717, 1.165) is 58.1 Å². The minimum Gasteiger partial charge on any atom is -0.360 e. The number of para-hydroxylation sites is 2. The Morgan fingerprint density at radius 3 is 2.78 bits per heavy atom. The maximum atomic E-state index is 12.9. The number of aromatic amines is 1. The molecule has 164 valence electrons. The van der Waals surface area contributed by atoms with Crippen LogP contribution in [0.1, 0.15) is 31.7 Å². The number of H-pyrrole nitrogens is 1. The number of aromatic nitrogens is 4. The summed E-state index contributed by atoms with van der Waals surface area (Å²) in [5.74, 6) is 1.32. The van der Waals surface area contributed by atoms with Crippen molar-refractivity contribution in [1.29, 1.82) is 0 Å². The highest BCUT2D eigenvalue weighted by Gasteiger charge is 2.25. The smallest absolute Gasteiger partial charge is 0.233 e. The Labute approximate surface area is 192 Å². The molecule has 0 aliphatic carbocycles. The van der Waals surface area contributed by atoms with Gasteiger partial charge < -0.3 is 9.88 Å². The molecule has 1 aliphatic heterocycles. The summed E-state index contributed by atoms with van der Waals surface area (Å²) in [4.78, 5) is 18.3. The van der Waals surface area contributed by atoms with Gasteiger partial charge in [0.05, 0.1) is 11.4 Å². The van der Waals surface area contributed by atoms with E-state index in [4.69, 9.17) is 0 Å².